The van der Waals surface area contributed by atoms with E-state index in [4.69, 9.17) is 4.74 Å². The van der Waals surface area contributed by atoms with E-state index in [9.17, 15) is 0 Å². The Balaban J connectivity index is 1.60. The van der Waals surface area contributed by atoms with Gasteiger partial charge < -0.3 is 10.1 Å². The summed E-state index contributed by atoms with van der Waals surface area (Å²) in [5, 5.41) is 3.54. The van der Waals surface area contributed by atoms with Crippen LogP contribution in [0.15, 0.2) is 35.9 Å². The molecule has 1 aliphatic rings. The van der Waals surface area contributed by atoms with Crippen LogP contribution in [0.25, 0.3) is 6.08 Å². The van der Waals surface area contributed by atoms with Crippen LogP contribution >= 0.6 is 0 Å². The van der Waals surface area contributed by atoms with Crippen molar-refractivity contribution in [2.75, 3.05) is 32.8 Å². The summed E-state index contributed by atoms with van der Waals surface area (Å²) in [5.41, 5.74) is 2.65. The molecule has 1 heterocycles. The van der Waals surface area contributed by atoms with Gasteiger partial charge in [0.25, 0.3) is 0 Å². The molecule has 1 unspecified atom stereocenters. The molecule has 0 radical (unpaired) electrons. The summed E-state index contributed by atoms with van der Waals surface area (Å²) < 4.78 is 5.77. The molecule has 0 aromatic heterocycles. The molecule has 0 aliphatic carbocycles. The monoisotopic (exact) mass is 302 g/mol. The lowest BCUT2D eigenvalue weighted by atomic mass is 10.1. The first-order valence-corrected chi connectivity index (χ1v) is 8.58. The predicted octanol–water partition coefficient (Wildman–Crippen LogP) is 3.53. The van der Waals surface area contributed by atoms with Crippen LogP contribution in [0.2, 0.25) is 0 Å². The molecule has 3 heteroatoms. The van der Waals surface area contributed by atoms with Gasteiger partial charge in [0.05, 0.1) is 0 Å². The largest absolute Gasteiger partial charge is 0.363 e. The first kappa shape index (κ1) is 17.2. The van der Waals surface area contributed by atoms with Crippen LogP contribution in [0.5, 0.6) is 0 Å². The van der Waals surface area contributed by atoms with E-state index in [0.29, 0.717) is 6.23 Å². The minimum absolute atomic E-state index is 0.365. The Morgan fingerprint density at radius 3 is 2.95 bits per heavy atom. The second kappa shape index (κ2) is 9.78. The van der Waals surface area contributed by atoms with Crippen molar-refractivity contribution in [3.8, 4) is 0 Å². The van der Waals surface area contributed by atoms with Crippen molar-refractivity contribution in [2.45, 2.75) is 39.3 Å². The zero-order valence-electron chi connectivity index (χ0n) is 14.1. The smallest absolute Gasteiger partial charge is 0.110 e. The van der Waals surface area contributed by atoms with Gasteiger partial charge in [0, 0.05) is 26.2 Å². The van der Waals surface area contributed by atoms with Crippen molar-refractivity contribution in [3.63, 3.8) is 0 Å². The molecule has 1 saturated heterocycles. The van der Waals surface area contributed by atoms with Gasteiger partial charge in [-0.3, -0.25) is 4.90 Å². The minimum atomic E-state index is 0.365. The van der Waals surface area contributed by atoms with Crippen LogP contribution in [0.3, 0.4) is 0 Å². The maximum atomic E-state index is 5.77. The van der Waals surface area contributed by atoms with Crippen LogP contribution in [-0.4, -0.2) is 43.9 Å². The molecular formula is C19H30N2O. The maximum absolute atomic E-state index is 5.77. The Kier molecular flexibility index (Phi) is 7.64. The Bertz CT molecular complexity index is 444. The molecule has 2 rings (SSSR count). The van der Waals surface area contributed by atoms with E-state index in [2.05, 4.69) is 60.5 Å². The van der Waals surface area contributed by atoms with Crippen LogP contribution in [0.4, 0.5) is 0 Å². The van der Waals surface area contributed by atoms with Gasteiger partial charge in [-0.15, -0.1) is 0 Å². The highest BCUT2D eigenvalue weighted by atomic mass is 16.5. The third-order valence-corrected chi connectivity index (χ3v) is 4.08. The zero-order valence-corrected chi connectivity index (χ0v) is 14.1. The van der Waals surface area contributed by atoms with Gasteiger partial charge in [0.15, 0.2) is 0 Å². The van der Waals surface area contributed by atoms with E-state index >= 15 is 0 Å². The molecule has 1 fully saturated rings. The summed E-state index contributed by atoms with van der Waals surface area (Å²) in [4.78, 5) is 2.48. The molecular weight excluding hydrogens is 272 g/mol. The van der Waals surface area contributed by atoms with Gasteiger partial charge >= 0.3 is 0 Å². The molecule has 1 aromatic carbocycles. The molecule has 122 valence electrons. The van der Waals surface area contributed by atoms with Gasteiger partial charge in [-0.2, -0.15) is 0 Å². The summed E-state index contributed by atoms with van der Waals surface area (Å²) in [6.45, 7) is 9.45. The number of hydrogen-bond donors (Lipinski definition) is 1. The van der Waals surface area contributed by atoms with Crippen LogP contribution in [0, 0.1) is 0 Å². The lowest BCUT2D eigenvalue weighted by Crippen LogP contribution is -2.34. The second-order valence-electron chi connectivity index (χ2n) is 6.02. The Labute approximate surface area is 135 Å². The highest BCUT2D eigenvalue weighted by molar-refractivity contribution is 5.52. The molecule has 3 nitrogen and oxygen atoms in total. The van der Waals surface area contributed by atoms with Crippen molar-refractivity contribution in [3.05, 3.63) is 41.5 Å². The first-order valence-electron chi connectivity index (χ1n) is 8.58. The molecule has 1 N–H and O–H groups in total. The highest BCUT2D eigenvalue weighted by Crippen LogP contribution is 2.18. The molecule has 1 atom stereocenters. The standard InChI is InChI=1S/C19H30N2O/c1-3-22-19-11-7-13-21(19)14-8-12-20-16-17(2)15-18-9-5-4-6-10-18/h4-6,9-10,15,19-20H,3,7-8,11-14,16H2,1-2H3/b17-15+. The van der Waals surface area contributed by atoms with E-state index in [0.717, 1.165) is 26.2 Å². The highest BCUT2D eigenvalue weighted by Gasteiger charge is 2.23. The fraction of sp³-hybridized carbons (Fsp3) is 0.579. The van der Waals surface area contributed by atoms with Gasteiger partial charge in [-0.1, -0.05) is 42.0 Å². The summed E-state index contributed by atoms with van der Waals surface area (Å²) >= 11 is 0. The third-order valence-electron chi connectivity index (χ3n) is 4.08. The number of rotatable bonds is 9. The summed E-state index contributed by atoms with van der Waals surface area (Å²) in [6.07, 6.45) is 6.27. The Morgan fingerprint density at radius 1 is 1.36 bits per heavy atom. The van der Waals surface area contributed by atoms with Crippen molar-refractivity contribution in [2.24, 2.45) is 0 Å². The molecule has 0 saturated carbocycles. The molecule has 0 bridgehead atoms. The average molecular weight is 302 g/mol. The van der Waals surface area contributed by atoms with Gasteiger partial charge in [-0.05, 0) is 45.2 Å². The molecule has 22 heavy (non-hydrogen) atoms. The van der Waals surface area contributed by atoms with E-state index in [1.807, 2.05) is 0 Å². The van der Waals surface area contributed by atoms with Gasteiger partial charge in [0.1, 0.15) is 6.23 Å². The quantitative estimate of drug-likeness (QED) is 0.706. The summed E-state index contributed by atoms with van der Waals surface area (Å²) in [5.74, 6) is 0. The number of nitrogens with zero attached hydrogens (tertiary/aromatic N) is 1. The predicted molar refractivity (Wildman–Crippen MR) is 93.8 cm³/mol. The zero-order chi connectivity index (χ0) is 15.6. The van der Waals surface area contributed by atoms with Crippen LogP contribution < -0.4 is 5.32 Å². The van der Waals surface area contributed by atoms with Crippen molar-refractivity contribution in [1.82, 2.24) is 10.2 Å². The SMILES string of the molecule is CCOC1CCCN1CCCNC/C(C)=C/c1ccccc1. The van der Waals surface area contributed by atoms with E-state index in [1.54, 1.807) is 0 Å². The number of likely N-dealkylation sites (tertiary alicyclic amines) is 1. The number of benzene rings is 1. The Morgan fingerprint density at radius 2 is 2.18 bits per heavy atom. The molecule has 1 aromatic rings. The average Bonchev–Trinajstić information content (AvgIpc) is 2.96. The third kappa shape index (κ3) is 5.91. The lowest BCUT2D eigenvalue weighted by Gasteiger charge is -2.24. The van der Waals surface area contributed by atoms with Crippen molar-refractivity contribution < 1.29 is 4.74 Å². The van der Waals surface area contributed by atoms with Gasteiger partial charge in [-0.25, -0.2) is 0 Å². The topological polar surface area (TPSA) is 24.5 Å². The van der Waals surface area contributed by atoms with Gasteiger partial charge in [0.2, 0.25) is 0 Å². The second-order valence-corrected chi connectivity index (χ2v) is 6.02. The number of nitrogens with one attached hydrogen (secondary N) is 1. The molecule has 1 aliphatic heterocycles. The van der Waals surface area contributed by atoms with E-state index in [-0.39, 0.29) is 0 Å². The summed E-state index contributed by atoms with van der Waals surface area (Å²) in [7, 11) is 0. The minimum Gasteiger partial charge on any atom is -0.363 e. The van der Waals surface area contributed by atoms with Crippen LogP contribution in [-0.2, 0) is 4.74 Å². The number of hydrogen-bond acceptors (Lipinski definition) is 3. The normalized spacial score (nSPS) is 19.7. The Hall–Kier alpha value is -1.16. The van der Waals surface area contributed by atoms with Crippen molar-refractivity contribution in [1.29, 1.82) is 0 Å². The van der Waals surface area contributed by atoms with Crippen LogP contribution in [0.1, 0.15) is 38.7 Å². The van der Waals surface area contributed by atoms with Crippen molar-refractivity contribution >= 4 is 6.08 Å². The molecule has 0 spiro atoms. The summed E-state index contributed by atoms with van der Waals surface area (Å²) in [6, 6.07) is 10.5. The fourth-order valence-corrected chi connectivity index (χ4v) is 3.01. The maximum Gasteiger partial charge on any atom is 0.110 e. The molecule has 0 amide bonds. The first-order chi connectivity index (χ1) is 10.8. The fourth-order valence-electron chi connectivity index (χ4n) is 3.01. The van der Waals surface area contributed by atoms with E-state index < -0.39 is 0 Å². The lowest BCUT2D eigenvalue weighted by molar-refractivity contribution is -0.0294. The van der Waals surface area contributed by atoms with E-state index in [1.165, 1.54) is 36.9 Å². The number of ether oxygens (including phenoxy) is 1.